The molecule has 0 amide bonds. The van der Waals surface area contributed by atoms with Gasteiger partial charge in [-0.1, -0.05) is 24.4 Å². The normalized spacial score (nSPS) is 26.8. The van der Waals surface area contributed by atoms with Crippen LogP contribution in [-0.4, -0.2) is 34.6 Å². The molecule has 1 aliphatic carbocycles. The number of ether oxygens (including phenoxy) is 1. The summed E-state index contributed by atoms with van der Waals surface area (Å²) >= 11 is 0. The Morgan fingerprint density at radius 2 is 2.17 bits per heavy atom. The Hall–Kier alpha value is -0.940. The van der Waals surface area contributed by atoms with Crippen LogP contribution >= 0.6 is 0 Å². The van der Waals surface area contributed by atoms with Crippen LogP contribution in [0, 0.1) is 0 Å². The summed E-state index contributed by atoms with van der Waals surface area (Å²) in [6, 6.07) is 0. The van der Waals surface area contributed by atoms with Gasteiger partial charge in [-0.3, -0.25) is 0 Å². The molecule has 0 spiro atoms. The van der Waals surface area contributed by atoms with Crippen LogP contribution in [0.2, 0.25) is 0 Å². The third-order valence-corrected chi connectivity index (χ3v) is 3.65. The molecule has 1 aromatic rings. The van der Waals surface area contributed by atoms with Crippen molar-refractivity contribution in [3.63, 3.8) is 0 Å². The third-order valence-electron chi connectivity index (χ3n) is 3.65. The van der Waals surface area contributed by atoms with E-state index >= 15 is 0 Å². The van der Waals surface area contributed by atoms with Gasteiger partial charge in [0.2, 0.25) is 5.89 Å². The van der Waals surface area contributed by atoms with Gasteiger partial charge in [0, 0.05) is 13.5 Å². The van der Waals surface area contributed by atoms with Gasteiger partial charge in [0.05, 0.1) is 18.1 Å². The zero-order chi connectivity index (χ0) is 13.0. The molecule has 0 radical (unpaired) electrons. The van der Waals surface area contributed by atoms with Crippen LogP contribution < -0.4 is 0 Å². The first kappa shape index (κ1) is 13.5. The van der Waals surface area contributed by atoms with Crippen molar-refractivity contribution in [2.75, 3.05) is 7.11 Å². The first-order chi connectivity index (χ1) is 8.70. The predicted molar refractivity (Wildman–Crippen MR) is 66.3 cm³/mol. The molecule has 1 heterocycles. The van der Waals surface area contributed by atoms with E-state index < -0.39 is 0 Å². The number of hydrogen-bond acceptors (Lipinski definition) is 5. The number of aliphatic hydroxyl groups is 1. The highest BCUT2D eigenvalue weighted by Crippen LogP contribution is 2.31. The monoisotopic (exact) mass is 254 g/mol. The van der Waals surface area contributed by atoms with E-state index in [1.807, 2.05) is 6.92 Å². The molecule has 0 aliphatic heterocycles. The maximum absolute atomic E-state index is 10.1. The van der Waals surface area contributed by atoms with Gasteiger partial charge in [-0.05, 0) is 19.8 Å². The summed E-state index contributed by atoms with van der Waals surface area (Å²) in [7, 11) is 1.67. The second kappa shape index (κ2) is 6.29. The minimum atomic E-state index is -0.347. The zero-order valence-electron chi connectivity index (χ0n) is 11.1. The molecule has 5 nitrogen and oxygen atoms in total. The van der Waals surface area contributed by atoms with Crippen LogP contribution in [-0.2, 0) is 11.2 Å². The van der Waals surface area contributed by atoms with Gasteiger partial charge in [0.25, 0.3) is 0 Å². The molecule has 0 bridgehead atoms. The van der Waals surface area contributed by atoms with Gasteiger partial charge in [-0.25, -0.2) is 0 Å². The van der Waals surface area contributed by atoms with Crippen molar-refractivity contribution in [2.24, 2.45) is 0 Å². The summed E-state index contributed by atoms with van der Waals surface area (Å²) < 4.78 is 10.5. The summed E-state index contributed by atoms with van der Waals surface area (Å²) in [5, 5.41) is 14.1. The van der Waals surface area contributed by atoms with Crippen LogP contribution in [0.4, 0.5) is 0 Å². The molecule has 3 unspecified atom stereocenters. The fourth-order valence-corrected chi connectivity index (χ4v) is 2.42. The fraction of sp³-hybridized carbons (Fsp3) is 0.846. The maximum Gasteiger partial charge on any atom is 0.232 e. The van der Waals surface area contributed by atoms with Gasteiger partial charge in [0.1, 0.15) is 0 Å². The van der Waals surface area contributed by atoms with Crippen LogP contribution in [0.25, 0.3) is 0 Å². The molecular formula is C13H22N2O3. The van der Waals surface area contributed by atoms with E-state index in [2.05, 4.69) is 10.1 Å². The van der Waals surface area contributed by atoms with Crippen molar-refractivity contribution in [3.8, 4) is 0 Å². The minimum absolute atomic E-state index is 0.00611. The Bertz CT molecular complexity index is 367. The van der Waals surface area contributed by atoms with Crippen LogP contribution in [0.3, 0.4) is 0 Å². The second-order valence-corrected chi connectivity index (χ2v) is 5.11. The molecule has 18 heavy (non-hydrogen) atoms. The van der Waals surface area contributed by atoms with Crippen LogP contribution in [0.5, 0.6) is 0 Å². The molecule has 1 aromatic heterocycles. The summed E-state index contributed by atoms with van der Waals surface area (Å²) in [5.74, 6) is 1.25. The summed E-state index contributed by atoms with van der Waals surface area (Å²) in [6.45, 7) is 1.97. The lowest BCUT2D eigenvalue weighted by molar-refractivity contribution is 0.116. The van der Waals surface area contributed by atoms with E-state index in [1.165, 1.54) is 6.42 Å². The fourth-order valence-electron chi connectivity index (χ4n) is 2.42. The van der Waals surface area contributed by atoms with Crippen molar-refractivity contribution in [2.45, 2.75) is 63.6 Å². The van der Waals surface area contributed by atoms with Crippen molar-refractivity contribution in [3.05, 3.63) is 11.7 Å². The van der Waals surface area contributed by atoms with Crippen molar-refractivity contribution < 1.29 is 14.4 Å². The molecule has 1 N–H and O–H groups in total. The highest BCUT2D eigenvalue weighted by Gasteiger charge is 2.28. The standard InChI is InChI=1S/C13H22N2O3/c1-9(17-2)8-12-14-13(18-15-12)10-6-4-3-5-7-11(10)16/h9-11,16H,3-8H2,1-2H3. The molecule has 1 saturated carbocycles. The number of hydrogen-bond donors (Lipinski definition) is 1. The van der Waals surface area contributed by atoms with Gasteiger partial charge in [0.15, 0.2) is 5.82 Å². The third kappa shape index (κ3) is 3.29. The molecule has 0 aromatic carbocycles. The number of aliphatic hydroxyl groups excluding tert-OH is 1. The van der Waals surface area contributed by atoms with Crippen molar-refractivity contribution in [1.82, 2.24) is 10.1 Å². The first-order valence-corrected chi connectivity index (χ1v) is 6.74. The lowest BCUT2D eigenvalue weighted by Gasteiger charge is -2.15. The number of methoxy groups -OCH3 is 1. The van der Waals surface area contributed by atoms with Gasteiger partial charge in [-0.15, -0.1) is 0 Å². The van der Waals surface area contributed by atoms with E-state index in [9.17, 15) is 5.11 Å². The molecule has 3 atom stereocenters. The first-order valence-electron chi connectivity index (χ1n) is 6.74. The second-order valence-electron chi connectivity index (χ2n) is 5.11. The van der Waals surface area contributed by atoms with Gasteiger partial charge >= 0.3 is 0 Å². The van der Waals surface area contributed by atoms with Crippen molar-refractivity contribution >= 4 is 0 Å². The average molecular weight is 254 g/mol. The largest absolute Gasteiger partial charge is 0.392 e. The molecule has 2 rings (SSSR count). The van der Waals surface area contributed by atoms with E-state index in [-0.39, 0.29) is 18.1 Å². The molecule has 102 valence electrons. The number of nitrogens with zero attached hydrogens (tertiary/aromatic N) is 2. The predicted octanol–water partition coefficient (Wildman–Crippen LogP) is 2.06. The summed E-state index contributed by atoms with van der Waals surface area (Å²) in [4.78, 5) is 4.40. The Kier molecular flexibility index (Phi) is 4.72. The average Bonchev–Trinajstić information content (AvgIpc) is 2.70. The van der Waals surface area contributed by atoms with E-state index in [0.29, 0.717) is 18.1 Å². The van der Waals surface area contributed by atoms with Crippen LogP contribution in [0.15, 0.2) is 4.52 Å². The Labute approximate surface area is 108 Å². The van der Waals surface area contributed by atoms with E-state index in [0.717, 1.165) is 25.7 Å². The zero-order valence-corrected chi connectivity index (χ0v) is 11.1. The highest BCUT2D eigenvalue weighted by molar-refractivity contribution is 4.99. The number of rotatable bonds is 4. The highest BCUT2D eigenvalue weighted by atomic mass is 16.5. The van der Waals surface area contributed by atoms with Gasteiger partial charge < -0.3 is 14.4 Å². The van der Waals surface area contributed by atoms with Gasteiger partial charge in [-0.2, -0.15) is 4.98 Å². The Morgan fingerprint density at radius 3 is 2.94 bits per heavy atom. The lowest BCUT2D eigenvalue weighted by atomic mass is 9.97. The Balaban J connectivity index is 2.03. The SMILES string of the molecule is COC(C)Cc1noc(C2CCCCCC2O)n1. The molecule has 0 saturated heterocycles. The molecule has 1 aliphatic rings. The minimum Gasteiger partial charge on any atom is -0.392 e. The summed E-state index contributed by atoms with van der Waals surface area (Å²) in [6.07, 6.45) is 5.51. The topological polar surface area (TPSA) is 68.4 Å². The molecule has 1 fully saturated rings. The maximum atomic E-state index is 10.1. The van der Waals surface area contributed by atoms with Crippen molar-refractivity contribution in [1.29, 1.82) is 0 Å². The number of aromatic nitrogens is 2. The molecular weight excluding hydrogens is 232 g/mol. The summed E-state index contributed by atoms with van der Waals surface area (Å²) in [5.41, 5.74) is 0. The lowest BCUT2D eigenvalue weighted by Crippen LogP contribution is -2.17. The van der Waals surface area contributed by atoms with E-state index in [1.54, 1.807) is 7.11 Å². The Morgan fingerprint density at radius 1 is 1.39 bits per heavy atom. The smallest absolute Gasteiger partial charge is 0.232 e. The molecule has 5 heteroatoms. The van der Waals surface area contributed by atoms with Crippen LogP contribution in [0.1, 0.15) is 56.7 Å². The van der Waals surface area contributed by atoms with E-state index in [4.69, 9.17) is 9.26 Å². The quantitative estimate of drug-likeness (QED) is 0.833.